The zero-order valence-electron chi connectivity index (χ0n) is 12.6. The molecule has 4 nitrogen and oxygen atoms in total. The summed E-state index contributed by atoms with van der Waals surface area (Å²) in [6, 6.07) is 12.5. The molecule has 0 fully saturated rings. The Kier molecular flexibility index (Phi) is 5.32. The summed E-state index contributed by atoms with van der Waals surface area (Å²) < 4.78 is 0. The average molecular weight is 282 g/mol. The minimum absolute atomic E-state index is 0.371. The molecule has 0 saturated heterocycles. The fraction of sp³-hybridized carbons (Fsp3) is 0.294. The minimum atomic E-state index is 0.371. The van der Waals surface area contributed by atoms with Crippen molar-refractivity contribution in [1.29, 1.82) is 0 Å². The van der Waals surface area contributed by atoms with Crippen LogP contribution < -0.4 is 10.6 Å². The maximum absolute atomic E-state index is 4.56. The predicted molar refractivity (Wildman–Crippen MR) is 89.5 cm³/mol. The fourth-order valence-electron chi connectivity index (χ4n) is 1.88. The smallest absolute Gasteiger partial charge is 0.225 e. The van der Waals surface area contributed by atoms with Crippen LogP contribution in [0.5, 0.6) is 0 Å². The van der Waals surface area contributed by atoms with Crippen LogP contribution in [-0.4, -0.2) is 22.6 Å². The predicted octanol–water partition coefficient (Wildman–Crippen LogP) is 3.95. The zero-order chi connectivity index (χ0) is 15.1. The first-order valence-electron chi connectivity index (χ1n) is 7.28. The SMILES string of the molecule is C=CCNc1nc(NC(C)CC)cc(-c2ccccc2)n1. The molecule has 2 N–H and O–H groups in total. The number of nitrogens with zero attached hydrogens (tertiary/aromatic N) is 2. The molecule has 0 aliphatic rings. The van der Waals surface area contributed by atoms with Crippen LogP contribution in [0, 0.1) is 0 Å². The maximum Gasteiger partial charge on any atom is 0.225 e. The molecule has 1 unspecified atom stereocenters. The fourth-order valence-corrected chi connectivity index (χ4v) is 1.88. The Morgan fingerprint density at radius 1 is 1.24 bits per heavy atom. The van der Waals surface area contributed by atoms with Crippen molar-refractivity contribution in [2.75, 3.05) is 17.2 Å². The van der Waals surface area contributed by atoms with Crippen LogP contribution >= 0.6 is 0 Å². The highest BCUT2D eigenvalue weighted by atomic mass is 15.1. The van der Waals surface area contributed by atoms with Gasteiger partial charge in [-0.1, -0.05) is 43.3 Å². The standard InChI is InChI=1S/C17H22N4/c1-4-11-18-17-20-15(14-9-7-6-8-10-14)12-16(21-17)19-13(3)5-2/h4,6-10,12-13H,1,5,11H2,2-3H3,(H2,18,19,20,21). The molecule has 1 aromatic carbocycles. The molecular formula is C17H22N4. The monoisotopic (exact) mass is 282 g/mol. The lowest BCUT2D eigenvalue weighted by Gasteiger charge is -2.14. The second-order valence-corrected chi connectivity index (χ2v) is 4.95. The summed E-state index contributed by atoms with van der Waals surface area (Å²) >= 11 is 0. The summed E-state index contributed by atoms with van der Waals surface area (Å²) in [4.78, 5) is 9.07. The Morgan fingerprint density at radius 2 is 2.00 bits per heavy atom. The molecule has 0 aliphatic carbocycles. The van der Waals surface area contributed by atoms with Crippen molar-refractivity contribution in [1.82, 2.24) is 9.97 Å². The highest BCUT2D eigenvalue weighted by Gasteiger charge is 2.08. The van der Waals surface area contributed by atoms with E-state index in [0.29, 0.717) is 18.5 Å². The molecule has 21 heavy (non-hydrogen) atoms. The van der Waals surface area contributed by atoms with E-state index in [1.165, 1.54) is 0 Å². The molecule has 0 aliphatic heterocycles. The van der Waals surface area contributed by atoms with Gasteiger partial charge in [0.1, 0.15) is 5.82 Å². The molecule has 0 spiro atoms. The molecule has 1 heterocycles. The average Bonchev–Trinajstić information content (AvgIpc) is 2.53. The van der Waals surface area contributed by atoms with Crippen LogP contribution in [-0.2, 0) is 0 Å². The summed E-state index contributed by atoms with van der Waals surface area (Å²) in [5, 5.41) is 6.56. The van der Waals surface area contributed by atoms with Crippen molar-refractivity contribution in [3.8, 4) is 11.3 Å². The number of nitrogens with one attached hydrogen (secondary N) is 2. The Labute approximate surface area is 126 Å². The second-order valence-electron chi connectivity index (χ2n) is 4.95. The normalized spacial score (nSPS) is 11.7. The third kappa shape index (κ3) is 4.31. The molecule has 2 aromatic rings. The number of benzene rings is 1. The van der Waals surface area contributed by atoms with Gasteiger partial charge in [0.25, 0.3) is 0 Å². The summed E-state index contributed by atoms with van der Waals surface area (Å²) in [6.45, 7) is 8.63. The molecule has 0 amide bonds. The van der Waals surface area contributed by atoms with Gasteiger partial charge >= 0.3 is 0 Å². The Balaban J connectivity index is 2.34. The zero-order valence-corrected chi connectivity index (χ0v) is 12.6. The van der Waals surface area contributed by atoms with E-state index in [1.54, 1.807) is 6.08 Å². The van der Waals surface area contributed by atoms with E-state index in [4.69, 9.17) is 0 Å². The Hall–Kier alpha value is -2.36. The van der Waals surface area contributed by atoms with Crippen LogP contribution in [0.2, 0.25) is 0 Å². The summed E-state index contributed by atoms with van der Waals surface area (Å²) in [6.07, 6.45) is 2.83. The lowest BCUT2D eigenvalue weighted by atomic mass is 10.1. The van der Waals surface area contributed by atoms with Gasteiger partial charge in [-0.15, -0.1) is 6.58 Å². The van der Waals surface area contributed by atoms with Crippen molar-refractivity contribution in [2.45, 2.75) is 26.3 Å². The molecule has 1 aromatic heterocycles. The van der Waals surface area contributed by atoms with E-state index in [1.807, 2.05) is 36.4 Å². The molecule has 2 rings (SSSR count). The van der Waals surface area contributed by atoms with Gasteiger partial charge in [0.2, 0.25) is 5.95 Å². The number of aromatic nitrogens is 2. The second kappa shape index (κ2) is 7.43. The van der Waals surface area contributed by atoms with Gasteiger partial charge in [-0.25, -0.2) is 4.98 Å². The lowest BCUT2D eigenvalue weighted by molar-refractivity contribution is 0.758. The minimum Gasteiger partial charge on any atom is -0.367 e. The molecule has 4 heteroatoms. The molecule has 110 valence electrons. The summed E-state index contributed by atoms with van der Waals surface area (Å²) in [5.74, 6) is 1.45. The topological polar surface area (TPSA) is 49.8 Å². The van der Waals surface area contributed by atoms with E-state index in [-0.39, 0.29) is 0 Å². The van der Waals surface area contributed by atoms with Gasteiger partial charge in [-0.3, -0.25) is 0 Å². The largest absolute Gasteiger partial charge is 0.367 e. The third-order valence-electron chi connectivity index (χ3n) is 3.21. The maximum atomic E-state index is 4.56. The highest BCUT2D eigenvalue weighted by Crippen LogP contribution is 2.21. The molecule has 0 saturated carbocycles. The van der Waals surface area contributed by atoms with Gasteiger partial charge in [0.05, 0.1) is 5.69 Å². The van der Waals surface area contributed by atoms with E-state index in [2.05, 4.69) is 41.0 Å². The Bertz CT molecular complexity index is 581. The van der Waals surface area contributed by atoms with Crippen molar-refractivity contribution < 1.29 is 0 Å². The first kappa shape index (κ1) is 15.0. The van der Waals surface area contributed by atoms with E-state index >= 15 is 0 Å². The summed E-state index contributed by atoms with van der Waals surface area (Å²) in [5.41, 5.74) is 1.98. The van der Waals surface area contributed by atoms with E-state index in [9.17, 15) is 0 Å². The van der Waals surface area contributed by atoms with Crippen molar-refractivity contribution in [3.05, 3.63) is 49.1 Å². The van der Waals surface area contributed by atoms with Gasteiger partial charge < -0.3 is 10.6 Å². The number of hydrogen-bond acceptors (Lipinski definition) is 4. The summed E-state index contributed by atoms with van der Waals surface area (Å²) in [7, 11) is 0. The quantitative estimate of drug-likeness (QED) is 0.755. The lowest BCUT2D eigenvalue weighted by Crippen LogP contribution is -2.15. The molecular weight excluding hydrogens is 260 g/mol. The number of hydrogen-bond donors (Lipinski definition) is 2. The molecule has 0 bridgehead atoms. The van der Waals surface area contributed by atoms with Crippen LogP contribution in [0.15, 0.2) is 49.1 Å². The van der Waals surface area contributed by atoms with Crippen molar-refractivity contribution in [2.24, 2.45) is 0 Å². The van der Waals surface area contributed by atoms with Crippen LogP contribution in [0.1, 0.15) is 20.3 Å². The number of anilines is 2. The van der Waals surface area contributed by atoms with Crippen molar-refractivity contribution in [3.63, 3.8) is 0 Å². The van der Waals surface area contributed by atoms with Crippen LogP contribution in [0.25, 0.3) is 11.3 Å². The van der Waals surface area contributed by atoms with Crippen molar-refractivity contribution >= 4 is 11.8 Å². The van der Waals surface area contributed by atoms with Gasteiger partial charge in [-0.2, -0.15) is 4.98 Å². The van der Waals surface area contributed by atoms with Gasteiger partial charge in [0, 0.05) is 24.2 Å². The van der Waals surface area contributed by atoms with Gasteiger partial charge in [-0.05, 0) is 13.3 Å². The van der Waals surface area contributed by atoms with Crippen LogP contribution in [0.4, 0.5) is 11.8 Å². The van der Waals surface area contributed by atoms with Gasteiger partial charge in [0.15, 0.2) is 0 Å². The third-order valence-corrected chi connectivity index (χ3v) is 3.21. The highest BCUT2D eigenvalue weighted by molar-refractivity contribution is 5.64. The van der Waals surface area contributed by atoms with Crippen LogP contribution in [0.3, 0.4) is 0 Å². The first-order valence-corrected chi connectivity index (χ1v) is 7.28. The van der Waals surface area contributed by atoms with E-state index < -0.39 is 0 Å². The number of rotatable bonds is 7. The van der Waals surface area contributed by atoms with E-state index in [0.717, 1.165) is 23.5 Å². The first-order chi connectivity index (χ1) is 10.2. The Morgan fingerprint density at radius 3 is 2.67 bits per heavy atom. The molecule has 1 atom stereocenters. The molecule has 0 radical (unpaired) electrons.